The first-order valence-electron chi connectivity index (χ1n) is 4.08. The topological polar surface area (TPSA) is 17.8 Å². The molecule has 0 amide bonds. The Morgan fingerprint density at radius 1 is 1.60 bits per heavy atom. The molecule has 0 N–H and O–H groups in total. The monoisotopic (exact) mass is 136 g/mol. The van der Waals surface area contributed by atoms with Crippen LogP contribution in [0.4, 0.5) is 0 Å². The molecule has 1 heterocycles. The summed E-state index contributed by atoms with van der Waals surface area (Å²) in [5, 5.41) is 4.67. The van der Waals surface area contributed by atoms with Gasteiger partial charge in [0.1, 0.15) is 0 Å². The minimum Gasteiger partial charge on any atom is -0.268 e. The van der Waals surface area contributed by atoms with Crippen molar-refractivity contribution in [2.75, 3.05) is 0 Å². The fourth-order valence-electron chi connectivity index (χ4n) is 0.977. The van der Waals surface area contributed by atoms with Crippen LogP contribution in [0.3, 0.4) is 0 Å². The molecule has 0 bridgehead atoms. The van der Waals surface area contributed by atoms with E-state index in [0.29, 0.717) is 6.04 Å². The molecule has 2 heteroatoms. The quantitative estimate of drug-likeness (QED) is 0.537. The average molecular weight is 136 g/mol. The number of benzene rings is 1. The maximum Gasteiger partial charge on any atom is 0.0866 e. The highest BCUT2D eigenvalue weighted by molar-refractivity contribution is 5.78. The molecule has 2 rings (SSSR count). The number of rotatable bonds is 0. The summed E-state index contributed by atoms with van der Waals surface area (Å²) in [6.07, 6.45) is 0.238. The smallest absolute Gasteiger partial charge is 0.0866 e. The lowest BCUT2D eigenvalue weighted by molar-refractivity contribution is 0.797. The molecular weight excluding hydrogens is 124 g/mol. The van der Waals surface area contributed by atoms with E-state index in [2.05, 4.69) is 5.10 Å². The van der Waals surface area contributed by atoms with Crippen molar-refractivity contribution >= 4 is 10.9 Å². The van der Waals surface area contributed by atoms with Crippen molar-refractivity contribution in [3.05, 3.63) is 30.4 Å². The van der Waals surface area contributed by atoms with Crippen molar-refractivity contribution in [1.29, 1.82) is 0 Å². The van der Waals surface area contributed by atoms with Gasteiger partial charge in [-0.1, -0.05) is 18.2 Å². The second kappa shape index (κ2) is 1.84. The summed E-state index contributed by atoms with van der Waals surface area (Å²) in [4.78, 5) is 0. The van der Waals surface area contributed by atoms with Crippen molar-refractivity contribution in [1.82, 2.24) is 9.78 Å². The van der Waals surface area contributed by atoms with Gasteiger partial charge in [0.15, 0.2) is 0 Å². The summed E-state index contributed by atoms with van der Waals surface area (Å²) in [5.41, 5.74) is 0.899. The molecule has 0 aliphatic rings. The third kappa shape index (κ3) is 0.620. The van der Waals surface area contributed by atoms with E-state index in [1.54, 1.807) is 23.9 Å². The van der Waals surface area contributed by atoms with Crippen molar-refractivity contribution in [2.24, 2.45) is 7.05 Å². The molecule has 0 aliphatic carbocycles. The second-order valence-electron chi connectivity index (χ2n) is 2.18. The van der Waals surface area contributed by atoms with Crippen LogP contribution in [0.2, 0.25) is 0 Å². The summed E-state index contributed by atoms with van der Waals surface area (Å²) in [5.74, 6) is 0. The van der Waals surface area contributed by atoms with Gasteiger partial charge < -0.3 is 0 Å². The van der Waals surface area contributed by atoms with E-state index in [1.807, 2.05) is 6.07 Å². The third-order valence-corrected chi connectivity index (χ3v) is 1.51. The number of hydrogen-bond donors (Lipinski definition) is 0. The molecule has 1 aromatic carbocycles. The predicted octanol–water partition coefficient (Wildman–Crippen LogP) is 1.57. The van der Waals surface area contributed by atoms with Gasteiger partial charge in [0.2, 0.25) is 0 Å². The molecule has 0 radical (unpaired) electrons. The summed E-state index contributed by atoms with van der Waals surface area (Å²) >= 11 is 0. The Kier molecular flexibility index (Phi) is 0.691. The molecule has 0 spiro atoms. The molecule has 2 aromatic rings. The van der Waals surface area contributed by atoms with E-state index in [0.717, 1.165) is 10.9 Å². The number of para-hydroxylation sites is 1. The van der Waals surface area contributed by atoms with Gasteiger partial charge in [-0.15, -0.1) is 0 Å². The first-order chi connectivity index (χ1) is 5.68. The van der Waals surface area contributed by atoms with Gasteiger partial charge in [-0.05, 0) is 6.07 Å². The van der Waals surface area contributed by atoms with Gasteiger partial charge in [0, 0.05) is 12.4 Å². The molecular formula is C8H8N2. The van der Waals surface area contributed by atoms with Gasteiger partial charge in [-0.3, -0.25) is 4.68 Å². The summed E-state index contributed by atoms with van der Waals surface area (Å²) in [6, 6.07) is 5.58. The molecule has 1 aromatic heterocycles. The van der Waals surface area contributed by atoms with Crippen LogP contribution in [0, 0.1) is 0 Å². The van der Waals surface area contributed by atoms with E-state index < -0.39 is 0 Å². The standard InChI is InChI=1S/C8H8N2/c1-10-8-5-3-2-4-7(8)6-9-10/h2-6H,1H3/i2T,6T. The summed E-state index contributed by atoms with van der Waals surface area (Å²) in [6.45, 7) is 0. The van der Waals surface area contributed by atoms with E-state index in [4.69, 9.17) is 2.74 Å². The molecule has 50 valence electrons. The van der Waals surface area contributed by atoms with Crippen LogP contribution in [0.15, 0.2) is 30.4 Å². The lowest BCUT2D eigenvalue weighted by Crippen LogP contribution is -1.87. The molecule has 0 unspecified atom stereocenters. The van der Waals surface area contributed by atoms with Crippen LogP contribution < -0.4 is 0 Å². The highest BCUT2D eigenvalue weighted by atomic mass is 15.2. The number of hydrogen-bond acceptors (Lipinski definition) is 1. The largest absolute Gasteiger partial charge is 0.268 e. The van der Waals surface area contributed by atoms with E-state index >= 15 is 0 Å². The number of aromatic nitrogens is 2. The number of fused-ring (bicyclic) bond motifs is 1. The maximum absolute atomic E-state index is 7.47. The zero-order valence-electron chi connectivity index (χ0n) is 7.63. The average Bonchev–Trinajstić information content (AvgIpc) is 2.28. The lowest BCUT2D eigenvalue weighted by Gasteiger charge is -1.90. The Bertz CT molecular complexity index is 434. The fraction of sp³-hybridized carbons (Fsp3) is 0.125. The molecule has 0 saturated carbocycles. The van der Waals surface area contributed by atoms with Gasteiger partial charge in [-0.25, -0.2) is 0 Å². The van der Waals surface area contributed by atoms with Crippen molar-refractivity contribution < 1.29 is 2.74 Å². The number of aryl methyl sites for hydroxylation is 1. The molecule has 0 atom stereocenters. The van der Waals surface area contributed by atoms with E-state index in [9.17, 15) is 0 Å². The highest BCUT2D eigenvalue weighted by Gasteiger charge is 1.93. The number of nitrogens with zero attached hydrogens (tertiary/aromatic N) is 2. The fourth-order valence-corrected chi connectivity index (χ4v) is 0.977. The maximum atomic E-state index is 7.47. The molecule has 0 aliphatic heterocycles. The minimum atomic E-state index is 0.238. The first kappa shape index (κ1) is 3.76. The predicted molar refractivity (Wildman–Crippen MR) is 40.7 cm³/mol. The Labute approximate surface area is 61.9 Å². The zero-order chi connectivity index (χ0) is 8.72. The Balaban J connectivity index is 2.90. The summed E-state index contributed by atoms with van der Waals surface area (Å²) < 4.78 is 16.5. The SMILES string of the molecule is [3H]c1ccc2c(c1)c([3H])nn2C. The van der Waals surface area contributed by atoms with Crippen LogP contribution >= 0.6 is 0 Å². The first-order valence-corrected chi connectivity index (χ1v) is 3.08. The van der Waals surface area contributed by atoms with Gasteiger partial charge in [0.25, 0.3) is 0 Å². The van der Waals surface area contributed by atoms with Crippen LogP contribution in [-0.4, -0.2) is 9.78 Å². The Hall–Kier alpha value is -1.31. The van der Waals surface area contributed by atoms with Crippen LogP contribution in [0.5, 0.6) is 0 Å². The molecule has 0 saturated heterocycles. The molecule has 0 fully saturated rings. The highest BCUT2D eigenvalue weighted by Crippen LogP contribution is 2.09. The van der Waals surface area contributed by atoms with E-state index in [1.165, 1.54) is 0 Å². The van der Waals surface area contributed by atoms with Crippen molar-refractivity contribution in [3.63, 3.8) is 0 Å². The zero-order valence-corrected chi connectivity index (χ0v) is 5.63. The van der Waals surface area contributed by atoms with Gasteiger partial charge in [-0.2, -0.15) is 5.10 Å². The molecule has 10 heavy (non-hydrogen) atoms. The van der Waals surface area contributed by atoms with Crippen LogP contribution in [0.1, 0.15) is 2.74 Å². The lowest BCUT2D eigenvalue weighted by atomic mass is 10.3. The van der Waals surface area contributed by atoms with Crippen LogP contribution in [-0.2, 0) is 7.05 Å². The molecule has 2 nitrogen and oxygen atoms in total. The van der Waals surface area contributed by atoms with Crippen LogP contribution in [0.25, 0.3) is 10.9 Å². The normalized spacial score (nSPS) is 13.3. The Morgan fingerprint density at radius 2 is 2.50 bits per heavy atom. The van der Waals surface area contributed by atoms with E-state index in [-0.39, 0.29) is 6.17 Å². The summed E-state index contributed by atoms with van der Waals surface area (Å²) in [7, 11) is 1.80. The van der Waals surface area contributed by atoms with Gasteiger partial charge in [0.05, 0.1) is 14.4 Å². The minimum absolute atomic E-state index is 0.238. The van der Waals surface area contributed by atoms with Crippen molar-refractivity contribution in [2.45, 2.75) is 0 Å². The van der Waals surface area contributed by atoms with Gasteiger partial charge >= 0.3 is 0 Å². The second-order valence-corrected chi connectivity index (χ2v) is 2.18. The van der Waals surface area contributed by atoms with Crippen molar-refractivity contribution in [3.8, 4) is 0 Å². The Morgan fingerprint density at radius 3 is 3.40 bits per heavy atom. The third-order valence-electron chi connectivity index (χ3n) is 1.51.